The lowest BCUT2D eigenvalue weighted by molar-refractivity contribution is 1.16. The maximum atomic E-state index is 2.55. The molecule has 2 aliphatic heterocycles. The third kappa shape index (κ3) is 5.44. The van der Waals surface area contributed by atoms with Crippen molar-refractivity contribution in [2.75, 3.05) is 0 Å². The van der Waals surface area contributed by atoms with E-state index < -0.39 is 8.07 Å². The van der Waals surface area contributed by atoms with E-state index in [0.717, 1.165) is 12.8 Å². The molecule has 10 aromatic carbocycles. The van der Waals surface area contributed by atoms with Crippen LogP contribution >= 0.6 is 0 Å². The lowest BCUT2D eigenvalue weighted by atomic mass is 9.95. The summed E-state index contributed by atoms with van der Waals surface area (Å²) >= 11 is 0. The van der Waals surface area contributed by atoms with Crippen molar-refractivity contribution in [1.82, 2.24) is 9.13 Å². The standard InChI is InChI=1S/C64H46N2Si/c1-41-36-48(65-56-23-9-6-19-53(56)54-20-7-10-24-57(54)65)31-33-50(41)51-34-32-49(37-42(51)2)66-58-25-11-8-21-55(58)64-52(22-15-26-59(64)66)43-30-35-63-47(38-43)40-46-18-5-14-29-62(46)67(63)60-27-12-3-16-44(60)39-45-17-4-13-28-61(45)67/h3-38H,39-40H2,1-2H3. The van der Waals surface area contributed by atoms with Crippen LogP contribution in [0.25, 0.3) is 77.2 Å². The number of nitrogens with zero attached hydrogens (tertiary/aromatic N) is 2. The summed E-state index contributed by atoms with van der Waals surface area (Å²) in [5, 5.41) is 11.3. The molecule has 0 bridgehead atoms. The number of fused-ring (bicyclic) bond motifs is 14. The monoisotopic (exact) mass is 870 g/mol. The highest BCUT2D eigenvalue weighted by Crippen LogP contribution is 2.41. The van der Waals surface area contributed by atoms with Crippen molar-refractivity contribution in [2.45, 2.75) is 26.7 Å². The molecule has 12 aromatic rings. The zero-order chi connectivity index (χ0) is 44.4. The van der Waals surface area contributed by atoms with E-state index in [1.54, 1.807) is 15.6 Å². The van der Waals surface area contributed by atoms with E-state index in [-0.39, 0.29) is 0 Å². The summed E-state index contributed by atoms with van der Waals surface area (Å²) in [6, 6.07) is 82.9. The molecule has 0 fully saturated rings. The Morgan fingerprint density at radius 1 is 0.328 bits per heavy atom. The fourth-order valence-corrected chi connectivity index (χ4v) is 18.3. The number of aryl methyl sites for hydroxylation is 2. The van der Waals surface area contributed by atoms with Crippen LogP contribution in [0.4, 0.5) is 0 Å². The normalized spacial score (nSPS) is 13.5. The average molecular weight is 871 g/mol. The second-order valence-corrected chi connectivity index (χ2v) is 22.5. The predicted molar refractivity (Wildman–Crippen MR) is 285 cm³/mol. The minimum atomic E-state index is -2.59. The topological polar surface area (TPSA) is 9.86 Å². The van der Waals surface area contributed by atoms with Crippen LogP contribution in [0.5, 0.6) is 0 Å². The van der Waals surface area contributed by atoms with E-state index in [9.17, 15) is 0 Å². The van der Waals surface area contributed by atoms with Crippen molar-refractivity contribution in [3.63, 3.8) is 0 Å². The molecule has 0 saturated carbocycles. The van der Waals surface area contributed by atoms with Crippen molar-refractivity contribution in [1.29, 1.82) is 0 Å². The molecule has 0 radical (unpaired) electrons. The minimum Gasteiger partial charge on any atom is -0.309 e. The van der Waals surface area contributed by atoms with Gasteiger partial charge in [-0.25, -0.2) is 0 Å². The largest absolute Gasteiger partial charge is 0.309 e. The maximum absolute atomic E-state index is 2.59. The van der Waals surface area contributed by atoms with E-state index in [4.69, 9.17) is 0 Å². The summed E-state index contributed by atoms with van der Waals surface area (Å²) in [6.45, 7) is 4.52. The van der Waals surface area contributed by atoms with Gasteiger partial charge in [-0.15, -0.1) is 0 Å². The van der Waals surface area contributed by atoms with Crippen molar-refractivity contribution < 1.29 is 0 Å². The fourth-order valence-electron chi connectivity index (χ4n) is 12.6. The number of para-hydroxylation sites is 3. The molecular weight excluding hydrogens is 825 g/mol. The first-order valence-corrected chi connectivity index (χ1v) is 25.7. The van der Waals surface area contributed by atoms with Gasteiger partial charge in [0.15, 0.2) is 8.07 Å². The number of hydrogen-bond donors (Lipinski definition) is 0. The zero-order valence-electron chi connectivity index (χ0n) is 37.6. The Kier molecular flexibility index (Phi) is 8.29. The van der Waals surface area contributed by atoms with Crippen molar-refractivity contribution in [3.05, 3.63) is 252 Å². The molecule has 67 heavy (non-hydrogen) atoms. The van der Waals surface area contributed by atoms with Crippen LogP contribution in [0, 0.1) is 13.8 Å². The summed E-state index contributed by atoms with van der Waals surface area (Å²) in [6.07, 6.45) is 1.92. The zero-order valence-corrected chi connectivity index (χ0v) is 38.6. The third-order valence-corrected chi connectivity index (χ3v) is 20.5. The maximum Gasteiger partial charge on any atom is 0.180 e. The molecule has 2 aliphatic rings. The van der Waals surface area contributed by atoms with Gasteiger partial charge < -0.3 is 9.13 Å². The molecule has 2 nitrogen and oxygen atoms in total. The molecule has 0 saturated heterocycles. The smallest absolute Gasteiger partial charge is 0.180 e. The molecule has 0 aliphatic carbocycles. The molecule has 14 rings (SSSR count). The van der Waals surface area contributed by atoms with Gasteiger partial charge in [-0.2, -0.15) is 0 Å². The van der Waals surface area contributed by atoms with Crippen molar-refractivity contribution in [2.24, 2.45) is 0 Å². The Morgan fingerprint density at radius 2 is 0.761 bits per heavy atom. The van der Waals surface area contributed by atoms with E-state index in [0.29, 0.717) is 0 Å². The molecule has 0 N–H and O–H groups in total. The van der Waals surface area contributed by atoms with Crippen LogP contribution in [0.1, 0.15) is 33.4 Å². The SMILES string of the molecule is Cc1cc(-n2c3ccccc3c3ccccc32)ccc1-c1ccc(-n2c3ccccc3c3c(-c4ccc5c(c4)Cc4ccccc4[Si]54c5ccccc5Cc5ccccc54)cccc32)cc1C. The van der Waals surface area contributed by atoms with Crippen molar-refractivity contribution >= 4 is 72.4 Å². The van der Waals surface area contributed by atoms with E-state index in [1.165, 1.54) is 116 Å². The Hall–Kier alpha value is -7.98. The van der Waals surface area contributed by atoms with Crippen LogP contribution in [0.15, 0.2) is 218 Å². The van der Waals surface area contributed by atoms with E-state index >= 15 is 0 Å². The van der Waals surface area contributed by atoms with Crippen LogP contribution in [-0.2, 0) is 12.8 Å². The van der Waals surface area contributed by atoms with Crippen LogP contribution in [-0.4, -0.2) is 17.2 Å². The molecule has 316 valence electrons. The van der Waals surface area contributed by atoms with Gasteiger partial charge in [0, 0.05) is 32.9 Å². The lowest BCUT2D eigenvalue weighted by Crippen LogP contribution is -2.79. The number of benzene rings is 10. The highest BCUT2D eigenvalue weighted by molar-refractivity contribution is 7.21. The van der Waals surface area contributed by atoms with E-state index in [1.807, 2.05) is 0 Å². The molecular formula is C64H46N2Si. The summed E-state index contributed by atoms with van der Waals surface area (Å²) in [4.78, 5) is 0. The number of aromatic nitrogens is 2. The van der Waals surface area contributed by atoms with Gasteiger partial charge >= 0.3 is 0 Å². The van der Waals surface area contributed by atoms with Crippen LogP contribution in [0.3, 0.4) is 0 Å². The fraction of sp³-hybridized carbons (Fsp3) is 0.0625. The highest BCUT2D eigenvalue weighted by Gasteiger charge is 2.50. The van der Waals surface area contributed by atoms with Gasteiger partial charge in [-0.1, -0.05) is 170 Å². The predicted octanol–water partition coefficient (Wildman–Crippen LogP) is 13.0. The molecule has 4 heterocycles. The van der Waals surface area contributed by atoms with Gasteiger partial charge in [-0.05, 0) is 152 Å². The van der Waals surface area contributed by atoms with Crippen LogP contribution in [0.2, 0.25) is 0 Å². The Morgan fingerprint density at radius 3 is 1.31 bits per heavy atom. The van der Waals surface area contributed by atoms with Gasteiger partial charge in [0.2, 0.25) is 0 Å². The second kappa shape index (κ2) is 14.5. The third-order valence-electron chi connectivity index (χ3n) is 15.4. The first kappa shape index (κ1) is 38.3. The summed E-state index contributed by atoms with van der Waals surface area (Å²) < 4.78 is 4.89. The van der Waals surface area contributed by atoms with Gasteiger partial charge in [-0.3, -0.25) is 0 Å². The Labute approximate surface area is 391 Å². The highest BCUT2D eigenvalue weighted by atomic mass is 28.3. The molecule has 0 atom stereocenters. The Balaban J connectivity index is 0.891. The van der Waals surface area contributed by atoms with Gasteiger partial charge in [0.1, 0.15) is 0 Å². The first-order chi connectivity index (χ1) is 33.1. The van der Waals surface area contributed by atoms with E-state index in [2.05, 4.69) is 241 Å². The molecule has 1 spiro atoms. The molecule has 0 unspecified atom stereocenters. The Bertz CT molecular complexity index is 3910. The van der Waals surface area contributed by atoms with Gasteiger partial charge in [0.05, 0.1) is 22.1 Å². The first-order valence-electron chi connectivity index (χ1n) is 23.7. The summed E-state index contributed by atoms with van der Waals surface area (Å²) in [5.74, 6) is 0. The number of hydrogen-bond acceptors (Lipinski definition) is 0. The summed E-state index contributed by atoms with van der Waals surface area (Å²) in [7, 11) is -2.59. The van der Waals surface area contributed by atoms with Gasteiger partial charge in [0.25, 0.3) is 0 Å². The lowest BCUT2D eigenvalue weighted by Gasteiger charge is -2.44. The number of rotatable bonds is 4. The van der Waals surface area contributed by atoms with Crippen LogP contribution < -0.4 is 20.7 Å². The molecule has 0 amide bonds. The summed E-state index contributed by atoms with van der Waals surface area (Å²) in [5.41, 5.74) is 20.7. The quantitative estimate of drug-likeness (QED) is 0.156. The molecule has 2 aromatic heterocycles. The average Bonchev–Trinajstić information content (AvgIpc) is 3.89. The second-order valence-electron chi connectivity index (χ2n) is 18.9. The van der Waals surface area contributed by atoms with Crippen molar-refractivity contribution in [3.8, 4) is 33.6 Å². The molecule has 3 heteroatoms. The minimum absolute atomic E-state index is 0.935.